The second-order valence-electron chi connectivity index (χ2n) is 3.19. The number of esters is 1. The zero-order valence-corrected chi connectivity index (χ0v) is 8.48. The van der Waals surface area contributed by atoms with Crippen LogP contribution >= 0.6 is 0 Å². The topological polar surface area (TPSA) is 63.8 Å². The van der Waals surface area contributed by atoms with E-state index >= 15 is 0 Å². The molecule has 0 bridgehead atoms. The van der Waals surface area contributed by atoms with Gasteiger partial charge >= 0.3 is 5.97 Å². The van der Waals surface area contributed by atoms with E-state index in [1.165, 1.54) is 19.4 Å². The van der Waals surface area contributed by atoms with Crippen LogP contribution in [-0.2, 0) is 11.3 Å². The van der Waals surface area contributed by atoms with Gasteiger partial charge in [-0.05, 0) is 11.6 Å². The van der Waals surface area contributed by atoms with Crippen LogP contribution in [0.2, 0.25) is 0 Å². The molecule has 0 radical (unpaired) electrons. The lowest BCUT2D eigenvalue weighted by atomic mass is 10.2. The summed E-state index contributed by atoms with van der Waals surface area (Å²) in [6.07, 6.45) is 2.38. The summed E-state index contributed by atoms with van der Waals surface area (Å²) in [6, 6.07) is 1.42. The molecule has 6 heteroatoms. The highest BCUT2D eigenvalue weighted by atomic mass is 19.1. The van der Waals surface area contributed by atoms with Gasteiger partial charge in [-0.2, -0.15) is 4.39 Å². The first-order valence-electron chi connectivity index (χ1n) is 4.52. The molecule has 0 amide bonds. The van der Waals surface area contributed by atoms with Crippen molar-refractivity contribution in [2.75, 3.05) is 7.11 Å². The van der Waals surface area contributed by atoms with E-state index in [-0.39, 0.29) is 17.8 Å². The fourth-order valence-corrected chi connectivity index (χ4v) is 1.46. The van der Waals surface area contributed by atoms with Gasteiger partial charge in [0, 0.05) is 6.20 Å². The van der Waals surface area contributed by atoms with Crippen LogP contribution in [0.1, 0.15) is 15.9 Å². The molecule has 0 fully saturated rings. The molecule has 2 heterocycles. The highest BCUT2D eigenvalue weighted by Gasteiger charge is 2.15. The van der Waals surface area contributed by atoms with Gasteiger partial charge in [0.25, 0.3) is 0 Å². The number of imidazole rings is 1. The number of ether oxygens (including phenoxy) is 1. The third-order valence-corrected chi connectivity index (χ3v) is 2.21. The fraction of sp³-hybridized carbons (Fsp3) is 0.200. The summed E-state index contributed by atoms with van der Waals surface area (Å²) in [4.78, 5) is 15.2. The molecule has 0 spiro atoms. The average Bonchev–Trinajstić information content (AvgIpc) is 2.69. The zero-order chi connectivity index (χ0) is 11.7. The van der Waals surface area contributed by atoms with Crippen LogP contribution in [-0.4, -0.2) is 27.6 Å². The van der Waals surface area contributed by atoms with Crippen LogP contribution in [0.4, 0.5) is 4.39 Å². The molecule has 16 heavy (non-hydrogen) atoms. The highest BCUT2D eigenvalue weighted by Crippen LogP contribution is 2.15. The van der Waals surface area contributed by atoms with Crippen LogP contribution in [0.25, 0.3) is 5.65 Å². The van der Waals surface area contributed by atoms with E-state index in [4.69, 9.17) is 5.11 Å². The van der Waals surface area contributed by atoms with Crippen LogP contribution in [0.3, 0.4) is 0 Å². The molecule has 1 N–H and O–H groups in total. The number of halogens is 1. The first-order chi connectivity index (χ1) is 7.67. The van der Waals surface area contributed by atoms with Crippen LogP contribution < -0.4 is 0 Å². The molecule has 84 valence electrons. The van der Waals surface area contributed by atoms with Crippen molar-refractivity contribution in [3.8, 4) is 0 Å². The van der Waals surface area contributed by atoms with E-state index in [1.54, 1.807) is 0 Å². The van der Waals surface area contributed by atoms with Crippen molar-refractivity contribution in [2.45, 2.75) is 6.61 Å². The highest BCUT2D eigenvalue weighted by molar-refractivity contribution is 5.95. The van der Waals surface area contributed by atoms with Crippen LogP contribution in [0.5, 0.6) is 0 Å². The lowest BCUT2D eigenvalue weighted by Crippen LogP contribution is -2.06. The number of methoxy groups -OCH3 is 1. The van der Waals surface area contributed by atoms with Gasteiger partial charge in [0.2, 0.25) is 5.95 Å². The summed E-state index contributed by atoms with van der Waals surface area (Å²) in [5, 5.41) is 9.00. The van der Waals surface area contributed by atoms with Crippen molar-refractivity contribution < 1.29 is 19.0 Å². The van der Waals surface area contributed by atoms with Crippen molar-refractivity contribution in [1.29, 1.82) is 0 Å². The second-order valence-corrected chi connectivity index (χ2v) is 3.19. The number of carbonyl (C=O) groups excluding carboxylic acids is 1. The predicted molar refractivity (Wildman–Crippen MR) is 52.4 cm³/mol. The molecule has 2 aromatic heterocycles. The number of pyridine rings is 1. The number of fused-ring (bicyclic) bond motifs is 1. The second kappa shape index (κ2) is 3.90. The monoisotopic (exact) mass is 224 g/mol. The van der Waals surface area contributed by atoms with E-state index in [0.29, 0.717) is 5.56 Å². The standard InChI is InChI=1S/C10H9FN2O3/c1-16-10(15)7-2-6(5-14)4-13-8(11)3-12-9(7)13/h2-4,14H,5H2,1H3. The molecule has 0 unspecified atom stereocenters. The van der Waals surface area contributed by atoms with Gasteiger partial charge in [-0.25, -0.2) is 9.78 Å². The Morgan fingerprint density at radius 1 is 1.69 bits per heavy atom. The predicted octanol–water partition coefficient (Wildman–Crippen LogP) is 0.752. The van der Waals surface area contributed by atoms with Gasteiger partial charge < -0.3 is 9.84 Å². The molecule has 0 aromatic carbocycles. The Morgan fingerprint density at radius 2 is 2.44 bits per heavy atom. The Labute approximate surface area is 90.1 Å². The summed E-state index contributed by atoms with van der Waals surface area (Å²) < 4.78 is 18.9. The molecular weight excluding hydrogens is 215 g/mol. The molecule has 0 saturated carbocycles. The smallest absolute Gasteiger partial charge is 0.341 e. The van der Waals surface area contributed by atoms with Crippen molar-refractivity contribution in [3.05, 3.63) is 35.5 Å². The maximum atomic E-state index is 13.3. The third-order valence-electron chi connectivity index (χ3n) is 2.21. The molecule has 2 aromatic rings. The van der Waals surface area contributed by atoms with E-state index in [2.05, 4.69) is 9.72 Å². The van der Waals surface area contributed by atoms with Gasteiger partial charge in [0.15, 0.2) is 5.65 Å². The third kappa shape index (κ3) is 1.53. The summed E-state index contributed by atoms with van der Waals surface area (Å²) >= 11 is 0. The van der Waals surface area contributed by atoms with Crippen molar-refractivity contribution >= 4 is 11.6 Å². The van der Waals surface area contributed by atoms with Gasteiger partial charge in [0.05, 0.1) is 19.9 Å². The fourth-order valence-electron chi connectivity index (χ4n) is 1.46. The minimum Gasteiger partial charge on any atom is -0.465 e. The minimum atomic E-state index is -0.620. The Morgan fingerprint density at radius 3 is 3.06 bits per heavy atom. The number of rotatable bonds is 2. The van der Waals surface area contributed by atoms with Crippen molar-refractivity contribution in [1.82, 2.24) is 9.38 Å². The largest absolute Gasteiger partial charge is 0.465 e. The number of nitrogens with zero attached hydrogens (tertiary/aromatic N) is 2. The number of hydrogen-bond donors (Lipinski definition) is 1. The molecule has 2 rings (SSSR count). The average molecular weight is 224 g/mol. The molecule has 0 aliphatic rings. The number of aliphatic hydroxyl groups excluding tert-OH is 1. The van der Waals surface area contributed by atoms with Gasteiger partial charge in [-0.1, -0.05) is 0 Å². The minimum absolute atomic E-state index is 0.123. The van der Waals surface area contributed by atoms with E-state index < -0.39 is 11.9 Å². The summed E-state index contributed by atoms with van der Waals surface area (Å²) in [5.41, 5.74) is 0.698. The van der Waals surface area contributed by atoms with Crippen molar-refractivity contribution in [3.63, 3.8) is 0 Å². The molecule has 0 atom stereocenters. The summed E-state index contributed by atoms with van der Waals surface area (Å²) in [5.74, 6) is -1.22. The lowest BCUT2D eigenvalue weighted by Gasteiger charge is -2.04. The Bertz CT molecular complexity index is 550. The Kier molecular flexibility index (Phi) is 2.57. The Balaban J connectivity index is 2.74. The lowest BCUT2D eigenvalue weighted by molar-refractivity contribution is 0.0602. The van der Waals surface area contributed by atoms with E-state index in [0.717, 1.165) is 10.6 Å². The van der Waals surface area contributed by atoms with Crippen molar-refractivity contribution in [2.24, 2.45) is 0 Å². The van der Waals surface area contributed by atoms with Gasteiger partial charge in [0.1, 0.15) is 5.56 Å². The first-order valence-corrected chi connectivity index (χ1v) is 4.52. The maximum absolute atomic E-state index is 13.3. The van der Waals surface area contributed by atoms with E-state index in [9.17, 15) is 9.18 Å². The molecule has 0 aliphatic carbocycles. The zero-order valence-electron chi connectivity index (χ0n) is 8.48. The molecule has 0 saturated heterocycles. The quantitative estimate of drug-likeness (QED) is 0.764. The van der Waals surface area contributed by atoms with Gasteiger partial charge in [-0.3, -0.25) is 4.40 Å². The van der Waals surface area contributed by atoms with E-state index in [1.807, 2.05) is 0 Å². The molecular formula is C10H9FN2O3. The summed E-state index contributed by atoms with van der Waals surface area (Å²) in [7, 11) is 1.23. The Hall–Kier alpha value is -1.95. The molecule has 5 nitrogen and oxygen atoms in total. The number of carbonyl (C=O) groups is 1. The number of aliphatic hydroxyl groups is 1. The summed E-state index contributed by atoms with van der Waals surface area (Å²) in [6.45, 7) is -0.294. The van der Waals surface area contributed by atoms with Crippen LogP contribution in [0, 0.1) is 5.95 Å². The first kappa shape index (κ1) is 10.6. The molecule has 0 aliphatic heterocycles. The SMILES string of the molecule is COC(=O)c1cc(CO)cn2c(F)cnc12. The number of aromatic nitrogens is 2. The van der Waals surface area contributed by atoms with Gasteiger partial charge in [-0.15, -0.1) is 0 Å². The number of hydrogen-bond acceptors (Lipinski definition) is 4. The van der Waals surface area contributed by atoms with Crippen LogP contribution in [0.15, 0.2) is 18.5 Å². The maximum Gasteiger partial charge on any atom is 0.341 e. The normalized spacial score (nSPS) is 10.7.